The molecule has 0 atom stereocenters. The fourth-order valence-corrected chi connectivity index (χ4v) is 3.67. The smallest absolute Gasteiger partial charge is 0.276 e. The molecule has 144 valence electrons. The number of anilines is 2. The van der Waals surface area contributed by atoms with E-state index < -0.39 is 0 Å². The number of aryl methyl sites for hydroxylation is 2. The zero-order valence-electron chi connectivity index (χ0n) is 16.5. The third-order valence-electron chi connectivity index (χ3n) is 4.97. The Kier molecular flexibility index (Phi) is 4.11. The Bertz CT molecular complexity index is 1130. The minimum atomic E-state index is -0.244. The maximum atomic E-state index is 12.9. The molecule has 0 radical (unpaired) electrons. The van der Waals surface area contributed by atoms with Gasteiger partial charge >= 0.3 is 0 Å². The normalized spacial score (nSPS) is 15.0. The molecule has 4 rings (SSSR count). The fourth-order valence-electron chi connectivity index (χ4n) is 3.67. The van der Waals surface area contributed by atoms with Crippen molar-refractivity contribution in [3.63, 3.8) is 0 Å². The Hall–Kier alpha value is -3.34. The minimum Gasteiger partial charge on any atom is -0.383 e. The quantitative estimate of drug-likeness (QED) is 0.730. The van der Waals surface area contributed by atoms with Crippen LogP contribution in [0, 0.1) is 23.7 Å². The molecule has 0 saturated heterocycles. The molecular formula is C20H23N7O. The predicted molar refractivity (Wildman–Crippen MR) is 107 cm³/mol. The van der Waals surface area contributed by atoms with Gasteiger partial charge in [-0.3, -0.25) is 14.8 Å². The summed E-state index contributed by atoms with van der Waals surface area (Å²) >= 11 is 0. The van der Waals surface area contributed by atoms with Crippen molar-refractivity contribution in [1.29, 1.82) is 5.26 Å². The minimum absolute atomic E-state index is 0.0548. The highest BCUT2D eigenvalue weighted by Gasteiger charge is 2.28. The SMILES string of the molecule is CCn1nc(C)cc1C(=O)Nc1nc2cc(C#N)cc3c2n1CC(C)(C)CN3. The topological polar surface area (TPSA) is 101 Å². The van der Waals surface area contributed by atoms with Crippen LogP contribution in [0.5, 0.6) is 0 Å². The largest absolute Gasteiger partial charge is 0.383 e. The number of benzene rings is 1. The number of hydrogen-bond acceptors (Lipinski definition) is 5. The Morgan fingerprint density at radius 2 is 2.18 bits per heavy atom. The summed E-state index contributed by atoms with van der Waals surface area (Å²) in [6.45, 7) is 10.2. The lowest BCUT2D eigenvalue weighted by Gasteiger charge is -2.24. The molecule has 3 heterocycles. The van der Waals surface area contributed by atoms with Gasteiger partial charge in [-0.1, -0.05) is 13.8 Å². The molecular weight excluding hydrogens is 354 g/mol. The summed E-state index contributed by atoms with van der Waals surface area (Å²) < 4.78 is 3.71. The molecule has 1 amide bonds. The van der Waals surface area contributed by atoms with Gasteiger partial charge in [0.25, 0.3) is 5.91 Å². The molecule has 0 aliphatic carbocycles. The summed E-state index contributed by atoms with van der Waals surface area (Å²) in [4.78, 5) is 17.6. The number of rotatable bonds is 3. The molecule has 0 fully saturated rings. The fraction of sp³-hybridized carbons (Fsp3) is 0.400. The van der Waals surface area contributed by atoms with Crippen LogP contribution in [0.15, 0.2) is 18.2 Å². The van der Waals surface area contributed by atoms with Gasteiger partial charge < -0.3 is 9.88 Å². The molecule has 0 saturated carbocycles. The number of amides is 1. The molecule has 0 spiro atoms. The van der Waals surface area contributed by atoms with Crippen molar-refractivity contribution in [1.82, 2.24) is 19.3 Å². The average Bonchev–Trinajstić information content (AvgIpc) is 3.15. The van der Waals surface area contributed by atoms with Crippen LogP contribution in [0.4, 0.5) is 11.6 Å². The van der Waals surface area contributed by atoms with Gasteiger partial charge in [0.1, 0.15) is 5.69 Å². The van der Waals surface area contributed by atoms with Crippen molar-refractivity contribution >= 4 is 28.6 Å². The van der Waals surface area contributed by atoms with E-state index >= 15 is 0 Å². The van der Waals surface area contributed by atoms with Gasteiger partial charge in [0.2, 0.25) is 5.95 Å². The number of carbonyl (C=O) groups excluding carboxylic acids is 1. The first kappa shape index (κ1) is 18.0. The van der Waals surface area contributed by atoms with Crippen LogP contribution in [0.2, 0.25) is 0 Å². The lowest BCUT2D eigenvalue weighted by molar-refractivity contribution is 0.101. The maximum absolute atomic E-state index is 12.9. The summed E-state index contributed by atoms with van der Waals surface area (Å²) in [5, 5.41) is 20.1. The second-order valence-electron chi connectivity index (χ2n) is 7.98. The predicted octanol–water partition coefficient (Wildman–Crippen LogP) is 3.14. The number of nitriles is 1. The van der Waals surface area contributed by atoms with E-state index in [1.54, 1.807) is 16.8 Å². The second-order valence-corrected chi connectivity index (χ2v) is 7.98. The van der Waals surface area contributed by atoms with Crippen molar-refractivity contribution in [2.75, 3.05) is 17.2 Å². The van der Waals surface area contributed by atoms with Gasteiger partial charge in [-0.25, -0.2) is 4.98 Å². The Labute approximate surface area is 163 Å². The van der Waals surface area contributed by atoms with Crippen LogP contribution < -0.4 is 10.6 Å². The van der Waals surface area contributed by atoms with Gasteiger partial charge in [0, 0.05) is 25.0 Å². The van der Waals surface area contributed by atoms with Gasteiger partial charge in [0.15, 0.2) is 0 Å². The summed E-state index contributed by atoms with van der Waals surface area (Å²) in [5.41, 5.74) is 4.24. The average molecular weight is 377 g/mol. The van der Waals surface area contributed by atoms with Crippen molar-refractivity contribution in [3.05, 3.63) is 35.2 Å². The zero-order valence-corrected chi connectivity index (χ0v) is 16.5. The number of nitrogens with zero attached hydrogens (tertiary/aromatic N) is 5. The van der Waals surface area contributed by atoms with Crippen molar-refractivity contribution in [2.45, 2.75) is 40.8 Å². The van der Waals surface area contributed by atoms with Crippen LogP contribution in [-0.4, -0.2) is 31.8 Å². The molecule has 8 nitrogen and oxygen atoms in total. The monoisotopic (exact) mass is 377 g/mol. The number of carbonyl (C=O) groups is 1. The summed E-state index contributed by atoms with van der Waals surface area (Å²) in [6, 6.07) is 7.55. The van der Waals surface area contributed by atoms with Gasteiger partial charge in [-0.05, 0) is 32.0 Å². The first-order valence-electron chi connectivity index (χ1n) is 9.35. The van der Waals surface area contributed by atoms with E-state index in [2.05, 4.69) is 40.6 Å². The number of aromatic nitrogens is 4. The summed E-state index contributed by atoms with van der Waals surface area (Å²) in [6.07, 6.45) is 0. The number of nitrogens with one attached hydrogen (secondary N) is 2. The highest BCUT2D eigenvalue weighted by Crippen LogP contribution is 2.35. The molecule has 2 N–H and O–H groups in total. The van der Waals surface area contributed by atoms with Crippen LogP contribution in [0.1, 0.15) is 42.5 Å². The lowest BCUT2D eigenvalue weighted by Crippen LogP contribution is -2.27. The van der Waals surface area contributed by atoms with E-state index in [4.69, 9.17) is 0 Å². The molecule has 28 heavy (non-hydrogen) atoms. The van der Waals surface area contributed by atoms with E-state index in [0.717, 1.165) is 23.4 Å². The Morgan fingerprint density at radius 1 is 1.39 bits per heavy atom. The van der Waals surface area contributed by atoms with Crippen molar-refractivity contribution < 1.29 is 4.79 Å². The zero-order chi connectivity index (χ0) is 20.1. The maximum Gasteiger partial charge on any atom is 0.276 e. The molecule has 1 aromatic carbocycles. The third-order valence-corrected chi connectivity index (χ3v) is 4.97. The van der Waals surface area contributed by atoms with E-state index in [0.29, 0.717) is 35.8 Å². The van der Waals surface area contributed by atoms with Crippen molar-refractivity contribution in [3.8, 4) is 6.07 Å². The van der Waals surface area contributed by atoms with E-state index in [-0.39, 0.29) is 11.3 Å². The Balaban J connectivity index is 1.82. The molecule has 1 aliphatic rings. The van der Waals surface area contributed by atoms with Crippen molar-refractivity contribution in [2.24, 2.45) is 5.41 Å². The van der Waals surface area contributed by atoms with Gasteiger partial charge in [0.05, 0.1) is 34.0 Å². The van der Waals surface area contributed by atoms with Crippen LogP contribution in [0.25, 0.3) is 11.0 Å². The summed E-state index contributed by atoms with van der Waals surface area (Å²) in [5.74, 6) is 0.237. The van der Waals surface area contributed by atoms with Crippen LogP contribution >= 0.6 is 0 Å². The Morgan fingerprint density at radius 3 is 2.89 bits per heavy atom. The molecule has 3 aromatic rings. The number of imidazole rings is 1. The standard InChI is InChI=1S/C20H23N7O/c1-5-27-16(6-12(2)25-27)18(28)24-19-23-15-8-13(9-21)7-14-17(15)26(19)11-20(3,4)10-22-14/h6-8,22H,5,10-11H2,1-4H3,(H,23,24,28). The van der Waals surface area contributed by atoms with Crippen LogP contribution in [-0.2, 0) is 13.1 Å². The van der Waals surface area contributed by atoms with E-state index in [1.165, 1.54) is 0 Å². The summed E-state index contributed by atoms with van der Waals surface area (Å²) in [7, 11) is 0. The molecule has 1 aliphatic heterocycles. The van der Waals surface area contributed by atoms with E-state index in [1.807, 2.05) is 24.5 Å². The highest BCUT2D eigenvalue weighted by atomic mass is 16.2. The number of hydrogen-bond donors (Lipinski definition) is 2. The van der Waals surface area contributed by atoms with Crippen LogP contribution in [0.3, 0.4) is 0 Å². The molecule has 8 heteroatoms. The third kappa shape index (κ3) is 2.99. The van der Waals surface area contributed by atoms with Gasteiger partial charge in [-0.15, -0.1) is 0 Å². The second kappa shape index (κ2) is 6.37. The highest BCUT2D eigenvalue weighted by molar-refractivity contribution is 6.04. The molecule has 2 aromatic heterocycles. The lowest BCUT2D eigenvalue weighted by atomic mass is 9.94. The van der Waals surface area contributed by atoms with Gasteiger partial charge in [-0.2, -0.15) is 10.4 Å². The molecule has 0 bridgehead atoms. The molecule has 0 unspecified atom stereocenters. The van der Waals surface area contributed by atoms with E-state index in [9.17, 15) is 10.1 Å². The first-order valence-corrected chi connectivity index (χ1v) is 9.35. The first-order chi connectivity index (χ1) is 13.3.